The lowest BCUT2D eigenvalue weighted by atomic mass is 9.99. The molecule has 3 nitrogen and oxygen atoms in total. The van der Waals surface area contributed by atoms with Gasteiger partial charge < -0.3 is 10.1 Å². The van der Waals surface area contributed by atoms with Crippen molar-refractivity contribution in [3.8, 4) is 0 Å². The molecule has 1 fully saturated rings. The summed E-state index contributed by atoms with van der Waals surface area (Å²) in [5.41, 5.74) is 2.12. The Bertz CT molecular complexity index is 336. The summed E-state index contributed by atoms with van der Waals surface area (Å²) in [7, 11) is 0. The van der Waals surface area contributed by atoms with Gasteiger partial charge in [0.1, 0.15) is 0 Å². The van der Waals surface area contributed by atoms with E-state index in [1.54, 1.807) is 0 Å². The molecular weight excluding hydrogens is 166 g/mol. The van der Waals surface area contributed by atoms with E-state index in [0.717, 1.165) is 24.2 Å². The first-order valence-electron chi connectivity index (χ1n) is 4.50. The summed E-state index contributed by atoms with van der Waals surface area (Å²) in [6, 6.07) is 4.00. The second kappa shape index (κ2) is 2.62. The van der Waals surface area contributed by atoms with Crippen LogP contribution in [-0.2, 0) is 10.2 Å². The summed E-state index contributed by atoms with van der Waals surface area (Å²) < 4.78 is 0. The first-order valence-corrected chi connectivity index (χ1v) is 4.50. The third-order valence-corrected chi connectivity index (χ3v) is 2.75. The third-order valence-electron chi connectivity index (χ3n) is 2.75. The van der Waals surface area contributed by atoms with Gasteiger partial charge in [-0.15, -0.1) is 0 Å². The van der Waals surface area contributed by atoms with Gasteiger partial charge in [0, 0.05) is 16.8 Å². The lowest BCUT2D eigenvalue weighted by Gasteiger charge is -2.09. The van der Waals surface area contributed by atoms with Crippen molar-refractivity contribution in [2.45, 2.75) is 31.6 Å². The van der Waals surface area contributed by atoms with E-state index in [1.165, 1.54) is 0 Å². The minimum Gasteiger partial charge on any atom is -0.481 e. The fourth-order valence-corrected chi connectivity index (χ4v) is 1.80. The van der Waals surface area contributed by atoms with Crippen LogP contribution < -0.4 is 0 Å². The fraction of sp³-hybridized carbons (Fsp3) is 0.500. The molecule has 1 aliphatic carbocycles. The molecule has 1 heterocycles. The van der Waals surface area contributed by atoms with E-state index in [-0.39, 0.29) is 11.8 Å². The van der Waals surface area contributed by atoms with Gasteiger partial charge in [-0.2, -0.15) is 0 Å². The largest absolute Gasteiger partial charge is 0.481 e. The molecule has 2 rings (SSSR count). The van der Waals surface area contributed by atoms with Gasteiger partial charge in [0.25, 0.3) is 0 Å². The van der Waals surface area contributed by atoms with Crippen LogP contribution in [0.5, 0.6) is 0 Å². The molecule has 0 radical (unpaired) electrons. The molecule has 2 N–H and O–H groups in total. The molecule has 1 aromatic rings. The predicted octanol–water partition coefficient (Wildman–Crippen LogP) is 1.83. The molecule has 3 heteroatoms. The van der Waals surface area contributed by atoms with Crippen LogP contribution in [0.25, 0.3) is 0 Å². The Morgan fingerprint density at radius 1 is 1.62 bits per heavy atom. The standard InChI is InChI=1S/C10H13NO2/c1-7-2-3-8(11-7)10(4-5-10)6-9(12)13/h2-3,11H,4-6H2,1H3,(H,12,13). The van der Waals surface area contributed by atoms with Crippen LogP contribution in [0, 0.1) is 6.92 Å². The summed E-state index contributed by atoms with van der Waals surface area (Å²) in [6.07, 6.45) is 2.26. The molecule has 0 aromatic carbocycles. The molecule has 1 aliphatic rings. The van der Waals surface area contributed by atoms with E-state index in [0.29, 0.717) is 0 Å². The number of hydrogen-bond acceptors (Lipinski definition) is 1. The highest BCUT2D eigenvalue weighted by atomic mass is 16.4. The average Bonchev–Trinajstić information content (AvgIpc) is 2.65. The van der Waals surface area contributed by atoms with Crippen molar-refractivity contribution >= 4 is 5.97 Å². The van der Waals surface area contributed by atoms with Crippen molar-refractivity contribution in [3.63, 3.8) is 0 Å². The highest BCUT2D eigenvalue weighted by molar-refractivity contribution is 5.69. The first kappa shape index (κ1) is 8.35. The Morgan fingerprint density at radius 2 is 2.31 bits per heavy atom. The Morgan fingerprint density at radius 3 is 2.69 bits per heavy atom. The van der Waals surface area contributed by atoms with E-state index in [4.69, 9.17) is 5.11 Å². The number of rotatable bonds is 3. The van der Waals surface area contributed by atoms with Crippen molar-refractivity contribution in [2.75, 3.05) is 0 Å². The molecule has 1 aromatic heterocycles. The molecule has 1 saturated carbocycles. The zero-order valence-electron chi connectivity index (χ0n) is 7.63. The second-order valence-corrected chi connectivity index (χ2v) is 3.91. The van der Waals surface area contributed by atoms with Gasteiger partial charge in [-0.05, 0) is 31.9 Å². The van der Waals surface area contributed by atoms with E-state index in [1.807, 2.05) is 19.1 Å². The van der Waals surface area contributed by atoms with Crippen LogP contribution in [0.1, 0.15) is 30.7 Å². The number of aliphatic carboxylic acids is 1. The van der Waals surface area contributed by atoms with Crippen molar-refractivity contribution < 1.29 is 9.90 Å². The van der Waals surface area contributed by atoms with Gasteiger partial charge in [0.05, 0.1) is 6.42 Å². The number of aromatic amines is 1. The summed E-state index contributed by atoms with van der Waals surface area (Å²) in [4.78, 5) is 13.8. The van der Waals surface area contributed by atoms with Gasteiger partial charge >= 0.3 is 5.97 Å². The number of H-pyrrole nitrogens is 1. The monoisotopic (exact) mass is 179 g/mol. The Hall–Kier alpha value is -1.25. The summed E-state index contributed by atoms with van der Waals surface area (Å²) in [5, 5.41) is 8.74. The SMILES string of the molecule is Cc1ccc(C2(CC(=O)O)CC2)[nH]1. The summed E-state index contributed by atoms with van der Waals surface area (Å²) >= 11 is 0. The molecule has 0 aliphatic heterocycles. The van der Waals surface area contributed by atoms with Gasteiger partial charge in [0.2, 0.25) is 0 Å². The van der Waals surface area contributed by atoms with Gasteiger partial charge in [-0.1, -0.05) is 0 Å². The molecule has 0 bridgehead atoms. The number of carboxylic acids is 1. The topological polar surface area (TPSA) is 53.1 Å². The maximum absolute atomic E-state index is 10.6. The molecule has 70 valence electrons. The summed E-state index contributed by atoms with van der Waals surface area (Å²) in [6.45, 7) is 1.99. The van der Waals surface area contributed by atoms with Gasteiger partial charge in [-0.3, -0.25) is 4.79 Å². The van der Waals surface area contributed by atoms with E-state index in [9.17, 15) is 4.79 Å². The lowest BCUT2D eigenvalue weighted by molar-refractivity contribution is -0.137. The van der Waals surface area contributed by atoms with Crippen LogP contribution in [0.4, 0.5) is 0 Å². The highest BCUT2D eigenvalue weighted by Crippen LogP contribution is 2.50. The Balaban J connectivity index is 2.20. The van der Waals surface area contributed by atoms with E-state index < -0.39 is 5.97 Å². The van der Waals surface area contributed by atoms with Crippen LogP contribution >= 0.6 is 0 Å². The zero-order chi connectivity index (χ0) is 9.47. The van der Waals surface area contributed by atoms with Crippen molar-refractivity contribution in [1.82, 2.24) is 4.98 Å². The molecular formula is C10H13NO2. The normalized spacial score (nSPS) is 18.5. The smallest absolute Gasteiger partial charge is 0.304 e. The van der Waals surface area contributed by atoms with Crippen molar-refractivity contribution in [3.05, 3.63) is 23.5 Å². The fourth-order valence-electron chi connectivity index (χ4n) is 1.80. The van der Waals surface area contributed by atoms with Crippen molar-refractivity contribution in [2.24, 2.45) is 0 Å². The maximum atomic E-state index is 10.6. The van der Waals surface area contributed by atoms with Crippen molar-refractivity contribution in [1.29, 1.82) is 0 Å². The van der Waals surface area contributed by atoms with E-state index in [2.05, 4.69) is 4.98 Å². The quantitative estimate of drug-likeness (QED) is 0.743. The van der Waals surface area contributed by atoms with Gasteiger partial charge in [-0.25, -0.2) is 0 Å². The lowest BCUT2D eigenvalue weighted by Crippen LogP contribution is -2.13. The Labute approximate surface area is 76.8 Å². The zero-order valence-corrected chi connectivity index (χ0v) is 7.63. The van der Waals surface area contributed by atoms with E-state index >= 15 is 0 Å². The Kier molecular flexibility index (Phi) is 1.68. The number of aryl methyl sites for hydroxylation is 1. The minimum atomic E-state index is -0.704. The average molecular weight is 179 g/mol. The molecule has 0 spiro atoms. The third kappa shape index (κ3) is 1.46. The first-order chi connectivity index (χ1) is 6.12. The number of carboxylic acid groups (broad SMARTS) is 1. The number of aromatic nitrogens is 1. The predicted molar refractivity (Wildman–Crippen MR) is 48.7 cm³/mol. The number of nitrogens with one attached hydrogen (secondary N) is 1. The second-order valence-electron chi connectivity index (χ2n) is 3.91. The molecule has 0 amide bonds. The molecule has 0 saturated heterocycles. The van der Waals surface area contributed by atoms with Crippen LogP contribution in [0.3, 0.4) is 0 Å². The van der Waals surface area contributed by atoms with Crippen LogP contribution in [0.2, 0.25) is 0 Å². The summed E-state index contributed by atoms with van der Waals surface area (Å²) in [5.74, 6) is -0.704. The minimum absolute atomic E-state index is 0.0694. The van der Waals surface area contributed by atoms with Gasteiger partial charge in [0.15, 0.2) is 0 Å². The molecule has 0 atom stereocenters. The molecule has 13 heavy (non-hydrogen) atoms. The highest BCUT2D eigenvalue weighted by Gasteiger charge is 2.46. The number of carbonyl (C=O) groups is 1. The number of hydrogen-bond donors (Lipinski definition) is 2. The van der Waals surface area contributed by atoms with Crippen LogP contribution in [0.15, 0.2) is 12.1 Å². The van der Waals surface area contributed by atoms with Crippen LogP contribution in [-0.4, -0.2) is 16.1 Å². The molecule has 0 unspecified atom stereocenters. The maximum Gasteiger partial charge on any atom is 0.304 e.